The average molecular weight is 228 g/mol. The standard InChI is InChI=1S/C13H28N2O/c1-4-12-5-8-15(9-6-12)10-7-13(2,11-16)14-3/h12,14,16H,4-11H2,1-3H3. The van der Waals surface area contributed by atoms with E-state index in [9.17, 15) is 5.11 Å². The van der Waals surface area contributed by atoms with Gasteiger partial charge < -0.3 is 15.3 Å². The Morgan fingerprint density at radius 1 is 1.38 bits per heavy atom. The highest BCUT2D eigenvalue weighted by atomic mass is 16.3. The minimum atomic E-state index is -0.110. The summed E-state index contributed by atoms with van der Waals surface area (Å²) in [5.41, 5.74) is -0.110. The molecule has 1 unspecified atom stereocenters. The monoisotopic (exact) mass is 228 g/mol. The van der Waals surface area contributed by atoms with Gasteiger partial charge in [0.05, 0.1) is 6.61 Å². The number of piperidine rings is 1. The van der Waals surface area contributed by atoms with Crippen molar-refractivity contribution in [1.29, 1.82) is 0 Å². The maximum absolute atomic E-state index is 9.31. The van der Waals surface area contributed by atoms with Crippen LogP contribution in [0.2, 0.25) is 0 Å². The Morgan fingerprint density at radius 3 is 2.44 bits per heavy atom. The molecule has 1 atom stereocenters. The highest BCUT2D eigenvalue weighted by Gasteiger charge is 2.23. The third-order valence-corrected chi connectivity index (χ3v) is 4.22. The van der Waals surface area contributed by atoms with E-state index in [4.69, 9.17) is 0 Å². The summed E-state index contributed by atoms with van der Waals surface area (Å²) in [5.74, 6) is 0.949. The van der Waals surface area contributed by atoms with Crippen LogP contribution >= 0.6 is 0 Å². The Kier molecular flexibility index (Phi) is 5.73. The molecule has 1 rings (SSSR count). The summed E-state index contributed by atoms with van der Waals surface area (Å²) in [5, 5.41) is 12.5. The first-order chi connectivity index (χ1) is 7.63. The molecule has 3 heteroatoms. The van der Waals surface area contributed by atoms with E-state index in [1.807, 2.05) is 7.05 Å². The van der Waals surface area contributed by atoms with E-state index in [1.165, 1.54) is 32.4 Å². The lowest BCUT2D eigenvalue weighted by Gasteiger charge is -2.34. The van der Waals surface area contributed by atoms with Crippen LogP contribution in [0.1, 0.15) is 39.5 Å². The summed E-state index contributed by atoms with van der Waals surface area (Å²) < 4.78 is 0. The molecule has 0 aromatic rings. The Labute approximate surface area is 100 Å². The SMILES string of the molecule is CCC1CCN(CCC(C)(CO)NC)CC1. The number of nitrogens with one attached hydrogen (secondary N) is 1. The molecule has 1 heterocycles. The molecule has 0 aliphatic carbocycles. The number of likely N-dealkylation sites (tertiary alicyclic amines) is 1. The van der Waals surface area contributed by atoms with Crippen LogP contribution in [-0.2, 0) is 0 Å². The van der Waals surface area contributed by atoms with E-state index in [2.05, 4.69) is 24.1 Å². The normalized spacial score (nSPS) is 23.2. The van der Waals surface area contributed by atoms with Crippen molar-refractivity contribution < 1.29 is 5.11 Å². The fourth-order valence-corrected chi connectivity index (χ4v) is 2.31. The molecule has 16 heavy (non-hydrogen) atoms. The Balaban J connectivity index is 2.24. The molecule has 0 amide bonds. The first-order valence-corrected chi connectivity index (χ1v) is 6.65. The Hall–Kier alpha value is -0.120. The van der Waals surface area contributed by atoms with Crippen molar-refractivity contribution in [3.05, 3.63) is 0 Å². The number of aliphatic hydroxyl groups is 1. The van der Waals surface area contributed by atoms with Crippen LogP contribution in [0.4, 0.5) is 0 Å². The van der Waals surface area contributed by atoms with Crippen LogP contribution in [-0.4, -0.2) is 48.8 Å². The van der Waals surface area contributed by atoms with E-state index < -0.39 is 0 Å². The van der Waals surface area contributed by atoms with Gasteiger partial charge in [-0.15, -0.1) is 0 Å². The molecule has 0 aromatic carbocycles. The van der Waals surface area contributed by atoms with Crippen LogP contribution in [0.5, 0.6) is 0 Å². The lowest BCUT2D eigenvalue weighted by Crippen LogP contribution is -2.47. The summed E-state index contributed by atoms with van der Waals surface area (Å²) in [6, 6.07) is 0. The molecule has 1 aliphatic heterocycles. The number of hydrogen-bond acceptors (Lipinski definition) is 3. The van der Waals surface area contributed by atoms with Gasteiger partial charge in [-0.2, -0.15) is 0 Å². The van der Waals surface area contributed by atoms with Gasteiger partial charge in [-0.1, -0.05) is 13.3 Å². The van der Waals surface area contributed by atoms with Crippen molar-refractivity contribution in [3.63, 3.8) is 0 Å². The van der Waals surface area contributed by atoms with Crippen molar-refractivity contribution in [2.75, 3.05) is 33.3 Å². The number of aliphatic hydroxyl groups excluding tert-OH is 1. The molecule has 96 valence electrons. The zero-order valence-electron chi connectivity index (χ0n) is 11.1. The lowest BCUT2D eigenvalue weighted by molar-refractivity contribution is 0.131. The summed E-state index contributed by atoms with van der Waals surface area (Å²) in [4.78, 5) is 2.54. The second kappa shape index (κ2) is 6.58. The highest BCUT2D eigenvalue weighted by Crippen LogP contribution is 2.20. The predicted octanol–water partition coefficient (Wildman–Crippen LogP) is 1.47. The second-order valence-electron chi connectivity index (χ2n) is 5.41. The highest BCUT2D eigenvalue weighted by molar-refractivity contribution is 4.82. The maximum Gasteiger partial charge on any atom is 0.0610 e. The summed E-state index contributed by atoms with van der Waals surface area (Å²) in [6.45, 7) is 8.19. The first-order valence-electron chi connectivity index (χ1n) is 6.65. The van der Waals surface area contributed by atoms with Crippen molar-refractivity contribution in [2.45, 2.75) is 45.1 Å². The van der Waals surface area contributed by atoms with Gasteiger partial charge in [0, 0.05) is 5.54 Å². The average Bonchev–Trinajstić information content (AvgIpc) is 2.36. The van der Waals surface area contributed by atoms with Crippen molar-refractivity contribution >= 4 is 0 Å². The predicted molar refractivity (Wildman–Crippen MR) is 68.6 cm³/mol. The van der Waals surface area contributed by atoms with Gasteiger partial charge in [0.2, 0.25) is 0 Å². The molecule has 0 aromatic heterocycles. The number of hydrogen-bond donors (Lipinski definition) is 2. The van der Waals surface area contributed by atoms with Crippen molar-refractivity contribution in [3.8, 4) is 0 Å². The van der Waals surface area contributed by atoms with E-state index in [0.717, 1.165) is 18.9 Å². The maximum atomic E-state index is 9.31. The number of nitrogens with zero attached hydrogens (tertiary/aromatic N) is 1. The van der Waals surface area contributed by atoms with E-state index in [1.54, 1.807) is 0 Å². The van der Waals surface area contributed by atoms with Crippen LogP contribution in [0.3, 0.4) is 0 Å². The molecule has 3 nitrogen and oxygen atoms in total. The van der Waals surface area contributed by atoms with Crippen LogP contribution in [0.15, 0.2) is 0 Å². The molecule has 1 fully saturated rings. The summed E-state index contributed by atoms with van der Waals surface area (Å²) >= 11 is 0. The Bertz CT molecular complexity index is 184. The Morgan fingerprint density at radius 2 is 2.00 bits per heavy atom. The van der Waals surface area contributed by atoms with Crippen LogP contribution in [0.25, 0.3) is 0 Å². The fraction of sp³-hybridized carbons (Fsp3) is 1.00. The molecule has 0 bridgehead atoms. The lowest BCUT2D eigenvalue weighted by atomic mass is 9.93. The molecule has 0 spiro atoms. The summed E-state index contributed by atoms with van der Waals surface area (Å²) in [7, 11) is 1.93. The number of rotatable bonds is 6. The van der Waals surface area contributed by atoms with Gasteiger partial charge in [-0.05, 0) is 58.8 Å². The fourth-order valence-electron chi connectivity index (χ4n) is 2.31. The van der Waals surface area contributed by atoms with Gasteiger partial charge in [-0.25, -0.2) is 0 Å². The smallest absolute Gasteiger partial charge is 0.0610 e. The largest absolute Gasteiger partial charge is 0.394 e. The topological polar surface area (TPSA) is 35.5 Å². The zero-order chi connectivity index (χ0) is 12.0. The zero-order valence-corrected chi connectivity index (χ0v) is 11.1. The number of likely N-dealkylation sites (N-methyl/N-ethyl adjacent to an activating group) is 1. The van der Waals surface area contributed by atoms with Gasteiger partial charge in [0.25, 0.3) is 0 Å². The molecule has 1 saturated heterocycles. The molecular formula is C13H28N2O. The molecule has 0 saturated carbocycles. The van der Waals surface area contributed by atoms with Crippen LogP contribution < -0.4 is 5.32 Å². The van der Waals surface area contributed by atoms with Gasteiger partial charge in [-0.3, -0.25) is 0 Å². The van der Waals surface area contributed by atoms with E-state index >= 15 is 0 Å². The van der Waals surface area contributed by atoms with Gasteiger partial charge in [0.15, 0.2) is 0 Å². The molecular weight excluding hydrogens is 200 g/mol. The minimum Gasteiger partial charge on any atom is -0.394 e. The van der Waals surface area contributed by atoms with E-state index in [-0.39, 0.29) is 12.1 Å². The van der Waals surface area contributed by atoms with Crippen LogP contribution in [0, 0.1) is 5.92 Å². The van der Waals surface area contributed by atoms with Crippen molar-refractivity contribution in [1.82, 2.24) is 10.2 Å². The van der Waals surface area contributed by atoms with Gasteiger partial charge in [0.1, 0.15) is 0 Å². The molecule has 1 aliphatic rings. The summed E-state index contributed by atoms with van der Waals surface area (Å²) in [6.07, 6.45) is 5.06. The van der Waals surface area contributed by atoms with Crippen molar-refractivity contribution in [2.24, 2.45) is 5.92 Å². The third kappa shape index (κ3) is 4.04. The van der Waals surface area contributed by atoms with E-state index in [0.29, 0.717) is 0 Å². The quantitative estimate of drug-likeness (QED) is 0.722. The molecule has 0 radical (unpaired) electrons. The first kappa shape index (κ1) is 13.9. The minimum absolute atomic E-state index is 0.110. The second-order valence-corrected chi connectivity index (χ2v) is 5.41. The van der Waals surface area contributed by atoms with Gasteiger partial charge >= 0.3 is 0 Å². The molecule has 2 N–H and O–H groups in total. The third-order valence-electron chi connectivity index (χ3n) is 4.22.